The lowest BCUT2D eigenvalue weighted by molar-refractivity contribution is 0.160. The maximum atomic E-state index is 11.3. The first-order chi connectivity index (χ1) is 7.98. The average molecular weight is 265 g/mol. The van der Waals surface area contributed by atoms with Gasteiger partial charge < -0.3 is 15.5 Å². The molecule has 3 N–H and O–H groups in total. The molecule has 6 heteroatoms. The zero-order valence-corrected chi connectivity index (χ0v) is 11.1. The van der Waals surface area contributed by atoms with Crippen molar-refractivity contribution >= 4 is 9.84 Å². The molecule has 1 heterocycles. The molecule has 5 nitrogen and oxygen atoms in total. The van der Waals surface area contributed by atoms with E-state index < -0.39 is 15.9 Å². The summed E-state index contributed by atoms with van der Waals surface area (Å²) in [5.74, 6) is 0.232. The maximum Gasteiger partial charge on any atom is 0.154 e. The Kier molecular flexibility index (Phi) is 5.85. The summed E-state index contributed by atoms with van der Waals surface area (Å²) in [5, 5.41) is 21.6. The Bertz CT molecular complexity index is 311. The summed E-state index contributed by atoms with van der Waals surface area (Å²) in [6, 6.07) is -0.349. The minimum Gasteiger partial charge on any atom is -0.396 e. The van der Waals surface area contributed by atoms with E-state index in [2.05, 4.69) is 12.2 Å². The van der Waals surface area contributed by atoms with Gasteiger partial charge in [0, 0.05) is 12.6 Å². The van der Waals surface area contributed by atoms with Crippen LogP contribution in [-0.2, 0) is 9.84 Å². The van der Waals surface area contributed by atoms with Crippen LogP contribution in [0.25, 0.3) is 0 Å². The minimum absolute atomic E-state index is 0.0200. The van der Waals surface area contributed by atoms with Crippen LogP contribution in [-0.4, -0.2) is 55.4 Å². The molecule has 17 heavy (non-hydrogen) atoms. The second-order valence-electron chi connectivity index (χ2n) is 4.83. The van der Waals surface area contributed by atoms with Crippen molar-refractivity contribution in [2.24, 2.45) is 5.92 Å². The van der Waals surface area contributed by atoms with Crippen molar-refractivity contribution in [2.75, 3.05) is 24.7 Å². The van der Waals surface area contributed by atoms with E-state index in [9.17, 15) is 13.5 Å². The van der Waals surface area contributed by atoms with Gasteiger partial charge in [0.2, 0.25) is 0 Å². The molecule has 1 saturated heterocycles. The van der Waals surface area contributed by atoms with Crippen LogP contribution >= 0.6 is 0 Å². The third kappa shape index (κ3) is 4.91. The molecule has 1 aliphatic rings. The van der Waals surface area contributed by atoms with Crippen LogP contribution in [0.2, 0.25) is 0 Å². The lowest BCUT2D eigenvalue weighted by Crippen LogP contribution is -2.41. The molecule has 3 unspecified atom stereocenters. The number of rotatable bonds is 7. The molecule has 0 radical (unpaired) electrons. The van der Waals surface area contributed by atoms with E-state index in [1.165, 1.54) is 0 Å². The summed E-state index contributed by atoms with van der Waals surface area (Å²) in [4.78, 5) is 0. The van der Waals surface area contributed by atoms with Gasteiger partial charge in [0.1, 0.15) is 0 Å². The van der Waals surface area contributed by atoms with E-state index in [1.807, 2.05) is 0 Å². The predicted octanol–water partition coefficient (Wildman–Crippen LogP) is -0.467. The van der Waals surface area contributed by atoms with Crippen molar-refractivity contribution in [3.05, 3.63) is 0 Å². The molecule has 0 spiro atoms. The summed E-state index contributed by atoms with van der Waals surface area (Å²) in [6.07, 6.45) is 1.97. The summed E-state index contributed by atoms with van der Waals surface area (Å²) in [5.41, 5.74) is 0. The van der Waals surface area contributed by atoms with Crippen molar-refractivity contribution in [1.82, 2.24) is 5.32 Å². The first-order valence-electron chi connectivity index (χ1n) is 6.21. The third-order valence-electron chi connectivity index (χ3n) is 3.23. The highest BCUT2D eigenvalue weighted by Gasteiger charge is 2.36. The van der Waals surface area contributed by atoms with Gasteiger partial charge in [-0.25, -0.2) is 8.42 Å². The monoisotopic (exact) mass is 265 g/mol. The number of aliphatic hydroxyl groups excluding tert-OH is 2. The molecule has 1 aliphatic heterocycles. The molecule has 3 atom stereocenters. The normalized spacial score (nSPS) is 29.4. The van der Waals surface area contributed by atoms with Gasteiger partial charge >= 0.3 is 0 Å². The van der Waals surface area contributed by atoms with Crippen molar-refractivity contribution in [3.63, 3.8) is 0 Å². The van der Waals surface area contributed by atoms with Gasteiger partial charge in [-0.2, -0.15) is 0 Å². The second kappa shape index (κ2) is 6.68. The van der Waals surface area contributed by atoms with Gasteiger partial charge in [0.15, 0.2) is 9.84 Å². The van der Waals surface area contributed by atoms with Gasteiger partial charge in [0.05, 0.1) is 17.6 Å². The summed E-state index contributed by atoms with van der Waals surface area (Å²) < 4.78 is 22.6. The van der Waals surface area contributed by atoms with Crippen LogP contribution < -0.4 is 5.32 Å². The van der Waals surface area contributed by atoms with Crippen LogP contribution in [0, 0.1) is 5.92 Å². The first kappa shape index (κ1) is 14.9. The van der Waals surface area contributed by atoms with Crippen LogP contribution in [0.1, 0.15) is 26.2 Å². The second-order valence-corrected chi connectivity index (χ2v) is 6.98. The lowest BCUT2D eigenvalue weighted by atomic mass is 9.99. The summed E-state index contributed by atoms with van der Waals surface area (Å²) >= 11 is 0. The van der Waals surface area contributed by atoms with Crippen LogP contribution in [0.5, 0.6) is 0 Å². The highest BCUT2D eigenvalue weighted by Crippen LogP contribution is 2.15. The fourth-order valence-electron chi connectivity index (χ4n) is 2.28. The number of sulfone groups is 1. The molecule has 0 amide bonds. The number of nitrogens with one attached hydrogen (secondary N) is 1. The molecule has 1 fully saturated rings. The van der Waals surface area contributed by atoms with Crippen molar-refractivity contribution in [1.29, 1.82) is 0 Å². The largest absolute Gasteiger partial charge is 0.396 e. The van der Waals surface area contributed by atoms with E-state index in [0.717, 1.165) is 19.3 Å². The van der Waals surface area contributed by atoms with Crippen LogP contribution in [0.4, 0.5) is 0 Å². The van der Waals surface area contributed by atoms with Gasteiger partial charge in [0.25, 0.3) is 0 Å². The van der Waals surface area contributed by atoms with E-state index >= 15 is 0 Å². The molecule has 0 aromatic rings. The Morgan fingerprint density at radius 1 is 1.35 bits per heavy atom. The van der Waals surface area contributed by atoms with Crippen molar-refractivity contribution in [2.45, 2.75) is 38.3 Å². The zero-order valence-electron chi connectivity index (χ0n) is 10.3. The SMILES string of the molecule is CCCC(CCO)CNC1CS(=O)(=O)CC1O. The van der Waals surface area contributed by atoms with E-state index in [4.69, 9.17) is 5.11 Å². The highest BCUT2D eigenvalue weighted by atomic mass is 32.2. The predicted molar refractivity (Wildman–Crippen MR) is 66.6 cm³/mol. The van der Waals surface area contributed by atoms with Crippen molar-refractivity contribution < 1.29 is 18.6 Å². The molecule has 0 aromatic heterocycles. The van der Waals surface area contributed by atoms with E-state index in [1.54, 1.807) is 0 Å². The fraction of sp³-hybridized carbons (Fsp3) is 1.00. The molecular weight excluding hydrogens is 242 g/mol. The quantitative estimate of drug-likeness (QED) is 0.579. The first-order valence-corrected chi connectivity index (χ1v) is 8.03. The molecule has 0 aliphatic carbocycles. The average Bonchev–Trinajstić information content (AvgIpc) is 2.49. The van der Waals surface area contributed by atoms with Gasteiger partial charge in [-0.3, -0.25) is 0 Å². The molecule has 1 rings (SSSR count). The Labute approximate surface area is 103 Å². The number of hydrogen-bond donors (Lipinski definition) is 3. The molecule has 0 aromatic carbocycles. The van der Waals surface area contributed by atoms with Gasteiger partial charge in [-0.05, 0) is 25.3 Å². The number of aliphatic hydroxyl groups is 2. The lowest BCUT2D eigenvalue weighted by Gasteiger charge is -2.20. The fourth-order valence-corrected chi connectivity index (χ4v) is 4.06. The molecular formula is C11H23NO4S. The summed E-state index contributed by atoms with van der Waals surface area (Å²) in [6.45, 7) is 2.89. The molecule has 102 valence electrons. The van der Waals surface area contributed by atoms with E-state index in [0.29, 0.717) is 12.5 Å². The minimum atomic E-state index is -3.08. The summed E-state index contributed by atoms with van der Waals surface area (Å²) in [7, 11) is -3.08. The smallest absolute Gasteiger partial charge is 0.154 e. The maximum absolute atomic E-state index is 11.3. The topological polar surface area (TPSA) is 86.6 Å². The Morgan fingerprint density at radius 3 is 2.53 bits per heavy atom. The standard InChI is InChI=1S/C11H23NO4S/c1-2-3-9(4-5-13)6-12-10-7-17(15,16)8-11(10)14/h9-14H,2-8H2,1H3. The van der Waals surface area contributed by atoms with Crippen LogP contribution in [0.15, 0.2) is 0 Å². The van der Waals surface area contributed by atoms with Crippen LogP contribution in [0.3, 0.4) is 0 Å². The Hall–Kier alpha value is -0.170. The molecule has 0 saturated carbocycles. The van der Waals surface area contributed by atoms with Crippen molar-refractivity contribution in [3.8, 4) is 0 Å². The van der Waals surface area contributed by atoms with E-state index in [-0.39, 0.29) is 24.2 Å². The third-order valence-corrected chi connectivity index (χ3v) is 4.94. The highest BCUT2D eigenvalue weighted by molar-refractivity contribution is 7.91. The van der Waals surface area contributed by atoms with Gasteiger partial charge in [-0.1, -0.05) is 13.3 Å². The zero-order chi connectivity index (χ0) is 12.9. The Balaban J connectivity index is 2.38. The van der Waals surface area contributed by atoms with Gasteiger partial charge in [-0.15, -0.1) is 0 Å². The molecule has 0 bridgehead atoms. The number of hydrogen-bond acceptors (Lipinski definition) is 5. The Morgan fingerprint density at radius 2 is 2.06 bits per heavy atom.